The van der Waals surface area contributed by atoms with Gasteiger partial charge in [-0.3, -0.25) is 19.2 Å². The molecule has 0 aromatic carbocycles. The second-order valence-corrected chi connectivity index (χ2v) is 28.8. The quantitative estimate of drug-likeness (QED) is 0.0747. The van der Waals surface area contributed by atoms with Crippen LogP contribution in [0, 0.1) is 92.7 Å². The molecule has 1 heterocycles. The number of esters is 3. The molecule has 2 unspecified atom stereocenters. The molecule has 74 heavy (non-hydrogen) atoms. The highest BCUT2D eigenvalue weighted by molar-refractivity contribution is 5.92. The Labute approximate surface area is 447 Å². The van der Waals surface area contributed by atoms with Gasteiger partial charge in [-0.2, -0.15) is 0 Å². The lowest BCUT2D eigenvalue weighted by atomic mass is 9.46. The Morgan fingerprint density at radius 2 is 1.04 bits per heavy atom. The number of rotatable bonds is 14. The molecule has 4 N–H and O–H groups in total. The Hall–Kier alpha value is -2.56. The molecule has 0 aromatic heterocycles. The molecule has 0 aromatic rings. The summed E-state index contributed by atoms with van der Waals surface area (Å²) in [4.78, 5) is 43.0. The molecule has 1 saturated heterocycles. The van der Waals surface area contributed by atoms with E-state index in [0.717, 1.165) is 98.7 Å². The van der Waals surface area contributed by atoms with Crippen molar-refractivity contribution in [1.29, 1.82) is 0 Å². The van der Waals surface area contributed by atoms with Crippen LogP contribution in [0.15, 0.2) is 23.3 Å². The number of hydrogen-bond acceptors (Lipinski definition) is 9. The molecule has 0 spiro atoms. The van der Waals surface area contributed by atoms with Crippen LogP contribution >= 0.6 is 0 Å². The first-order valence-corrected chi connectivity index (χ1v) is 30.2. The van der Waals surface area contributed by atoms with Crippen LogP contribution in [0.4, 0.5) is 0 Å². The van der Waals surface area contributed by atoms with Gasteiger partial charge in [-0.25, -0.2) is 0 Å². The number of aliphatic hydroxyl groups excluding tert-OH is 1. The molecule has 0 amide bonds. The predicted molar refractivity (Wildman–Crippen MR) is 291 cm³/mol. The molecule has 0 bridgehead atoms. The first-order valence-electron chi connectivity index (χ1n) is 30.2. The summed E-state index contributed by atoms with van der Waals surface area (Å²) < 4.78 is 9.81. The van der Waals surface area contributed by atoms with Gasteiger partial charge in [0.15, 0.2) is 0 Å². The molecule has 7 fully saturated rings. The fourth-order valence-electron chi connectivity index (χ4n) is 18.6. The highest BCUT2D eigenvalue weighted by Crippen LogP contribution is 2.69. The smallest absolute Gasteiger partial charge is 0.314 e. The largest absolute Gasteiger partial charge is 0.481 e. The average Bonchev–Trinajstić information content (AvgIpc) is 4.01. The van der Waals surface area contributed by atoms with E-state index in [-0.39, 0.29) is 55.2 Å². The van der Waals surface area contributed by atoms with Gasteiger partial charge in [0.05, 0.1) is 43.0 Å². The number of hydrogen-bond donors (Lipinski definition) is 4. The maximum absolute atomic E-state index is 12.2. The van der Waals surface area contributed by atoms with Crippen LogP contribution in [0.2, 0.25) is 0 Å². The van der Waals surface area contributed by atoms with Crippen molar-refractivity contribution in [3.8, 4) is 0 Å². The van der Waals surface area contributed by atoms with E-state index in [1.165, 1.54) is 82.6 Å². The summed E-state index contributed by atoms with van der Waals surface area (Å²) in [6.45, 7) is 27.7. The lowest BCUT2D eigenvalue weighted by molar-refractivity contribution is -0.154. The minimum absolute atomic E-state index is 0.0499. The molecule has 18 atom stereocenters. The van der Waals surface area contributed by atoms with Crippen LogP contribution < -0.4 is 0 Å². The van der Waals surface area contributed by atoms with E-state index >= 15 is 0 Å². The molecule has 9 rings (SSSR count). The summed E-state index contributed by atoms with van der Waals surface area (Å²) in [5.74, 6) is 6.15. The highest BCUT2D eigenvalue weighted by Gasteiger charge is 2.61. The topological polar surface area (TPSA) is 168 Å². The minimum Gasteiger partial charge on any atom is -0.481 e. The maximum atomic E-state index is 12.2. The van der Waals surface area contributed by atoms with Crippen LogP contribution in [0.5, 0.6) is 0 Å². The van der Waals surface area contributed by atoms with Crippen molar-refractivity contribution >= 4 is 23.9 Å². The van der Waals surface area contributed by atoms with Crippen molar-refractivity contribution in [2.75, 3.05) is 0 Å². The first kappa shape index (κ1) is 59.1. The van der Waals surface area contributed by atoms with Crippen molar-refractivity contribution in [3.63, 3.8) is 0 Å². The number of carbonyl (C=O) groups is 4. The van der Waals surface area contributed by atoms with E-state index < -0.39 is 29.1 Å². The standard InChI is InChI=1S/C32H52O5.C28H48O2.C4H4O3/c1-20(2)27(37-29(35)14-13-28(33)34)12-7-21(3)24-10-11-25-23-9-8-22-19-30(4,36)17-18-31(22,5)26(23)15-16-32(24,25)6;1-18(2)25(29)12-7-19(3)22-10-11-23-21-9-8-20-17-26(4,30)15-16-27(20,5)24(21)13-14-28(22,23)6;5-3-1-2-4(6)7-3/h8,20-21,23-27,36H,7,9-19H2,1-6H3,(H,33,34);8,18-19,21-25,29-30H,7,9-17H2,1-6H3;1-2H2/t21-,23+,24-,25+,26+,27?,30+,31+,32-;19-,21+,22-,23+,24+,25?,26+,27+,28-;/m11./s1. The van der Waals surface area contributed by atoms with Crippen LogP contribution in [-0.4, -0.2) is 67.7 Å². The number of carboxylic acid groups (broad SMARTS) is 1. The zero-order valence-electron chi connectivity index (χ0n) is 48.4. The molecule has 10 nitrogen and oxygen atoms in total. The summed E-state index contributed by atoms with van der Waals surface area (Å²) in [6, 6.07) is 0. The molecule has 10 heteroatoms. The van der Waals surface area contributed by atoms with Crippen molar-refractivity contribution in [1.82, 2.24) is 0 Å². The van der Waals surface area contributed by atoms with Crippen LogP contribution in [-0.2, 0) is 28.7 Å². The van der Waals surface area contributed by atoms with E-state index in [1.54, 1.807) is 5.57 Å². The van der Waals surface area contributed by atoms with E-state index in [4.69, 9.17) is 9.84 Å². The SMILES string of the molecule is CC(C)C(CC[C@@H](C)[C@H]1CC[C@H]2[C@@H]3CC=C4C[C@@](C)(O)CC[C@]4(C)[C@H]3CC[C@]12C)OC(=O)CCC(=O)O.CC(C)C(O)CC[C@@H](C)[C@H]1CC[C@H]2[C@@H]3CC=C4C[C@@](C)(O)CC[C@]4(C)[C@H]3CC[C@]12C.O=C1CCC(=O)O1. The van der Waals surface area contributed by atoms with Gasteiger partial charge in [-0.05, 0) is 235 Å². The maximum Gasteiger partial charge on any atom is 0.314 e. The Morgan fingerprint density at radius 1 is 0.595 bits per heavy atom. The number of aliphatic hydroxyl groups is 3. The molecular weight excluding hydrogens is 929 g/mol. The van der Waals surface area contributed by atoms with Crippen molar-refractivity contribution < 1.29 is 49.1 Å². The third kappa shape index (κ3) is 12.5. The monoisotopic (exact) mass is 1030 g/mol. The van der Waals surface area contributed by atoms with E-state index in [9.17, 15) is 34.5 Å². The number of allylic oxidation sites excluding steroid dienone is 2. The van der Waals surface area contributed by atoms with Gasteiger partial charge in [0.2, 0.25) is 0 Å². The summed E-state index contributed by atoms with van der Waals surface area (Å²) in [6.07, 6.45) is 28.4. The zero-order valence-corrected chi connectivity index (χ0v) is 48.4. The molecule has 0 radical (unpaired) electrons. The third-order valence-electron chi connectivity index (χ3n) is 23.2. The molecule has 6 saturated carbocycles. The molecule has 1 aliphatic heterocycles. The Balaban J connectivity index is 0.000000194. The summed E-state index contributed by atoms with van der Waals surface area (Å²) in [7, 11) is 0. The van der Waals surface area contributed by atoms with Gasteiger partial charge in [-0.1, -0.05) is 92.5 Å². The summed E-state index contributed by atoms with van der Waals surface area (Å²) >= 11 is 0. The van der Waals surface area contributed by atoms with Crippen molar-refractivity contribution in [3.05, 3.63) is 23.3 Å². The number of fused-ring (bicyclic) bond motifs is 10. The minimum atomic E-state index is -0.959. The third-order valence-corrected chi connectivity index (χ3v) is 23.2. The first-order chi connectivity index (χ1) is 34.5. The fourth-order valence-corrected chi connectivity index (χ4v) is 18.6. The van der Waals surface area contributed by atoms with Crippen LogP contribution in [0.1, 0.15) is 237 Å². The lowest BCUT2D eigenvalue weighted by Gasteiger charge is -2.59. The predicted octanol–water partition coefficient (Wildman–Crippen LogP) is 13.8. The van der Waals surface area contributed by atoms with E-state index in [2.05, 4.69) is 86.1 Å². The molecule has 9 aliphatic rings. The zero-order chi connectivity index (χ0) is 54.3. The fraction of sp³-hybridized carbons (Fsp3) is 0.875. The van der Waals surface area contributed by atoms with Crippen molar-refractivity contribution in [2.24, 2.45) is 92.7 Å². The molecule has 8 aliphatic carbocycles. The second kappa shape index (κ2) is 23.0. The number of cyclic esters (lactones) is 2. The molecular formula is C64H104O10. The summed E-state index contributed by atoms with van der Waals surface area (Å²) in [5, 5.41) is 40.6. The van der Waals surface area contributed by atoms with Crippen LogP contribution in [0.3, 0.4) is 0 Å². The van der Waals surface area contributed by atoms with Gasteiger partial charge in [-0.15, -0.1) is 0 Å². The van der Waals surface area contributed by atoms with Gasteiger partial charge >= 0.3 is 23.9 Å². The number of ether oxygens (including phenoxy) is 2. The summed E-state index contributed by atoms with van der Waals surface area (Å²) in [5.41, 5.74) is 3.56. The van der Waals surface area contributed by atoms with Crippen LogP contribution in [0.25, 0.3) is 0 Å². The lowest BCUT2D eigenvalue weighted by Crippen LogP contribution is -2.52. The number of carboxylic acids is 1. The van der Waals surface area contributed by atoms with Crippen molar-refractivity contribution in [2.45, 2.75) is 261 Å². The van der Waals surface area contributed by atoms with Gasteiger partial charge in [0.1, 0.15) is 6.10 Å². The normalized spacial score (nSPS) is 41.6. The second-order valence-electron chi connectivity index (χ2n) is 28.8. The van der Waals surface area contributed by atoms with Gasteiger partial charge < -0.3 is 29.9 Å². The highest BCUT2D eigenvalue weighted by atomic mass is 16.6. The Kier molecular flexibility index (Phi) is 18.4. The average molecular weight is 1030 g/mol. The molecule has 420 valence electrons. The van der Waals surface area contributed by atoms with Gasteiger partial charge in [0.25, 0.3) is 0 Å². The van der Waals surface area contributed by atoms with Gasteiger partial charge in [0, 0.05) is 0 Å². The number of carbonyl (C=O) groups excluding carboxylic acids is 3. The van der Waals surface area contributed by atoms with E-state index in [0.29, 0.717) is 34.0 Å². The number of aliphatic carboxylic acids is 1. The van der Waals surface area contributed by atoms with E-state index in [1.807, 2.05) is 13.8 Å². The Bertz CT molecular complexity index is 2050. The Morgan fingerprint density at radius 3 is 1.43 bits per heavy atom.